The first-order valence-corrected chi connectivity index (χ1v) is 5.23. The molecule has 16 heavy (non-hydrogen) atoms. The van der Waals surface area contributed by atoms with E-state index in [9.17, 15) is 4.79 Å². The van der Waals surface area contributed by atoms with Gasteiger partial charge < -0.3 is 14.6 Å². The van der Waals surface area contributed by atoms with Crippen LogP contribution in [0.3, 0.4) is 0 Å². The normalized spacial score (nSPS) is 11.9. The smallest absolute Gasteiger partial charge is 0.333 e. The lowest BCUT2D eigenvalue weighted by Gasteiger charge is -2.19. The maximum atomic E-state index is 11.1. The average molecular weight is 231 g/mol. The van der Waals surface area contributed by atoms with Crippen LogP contribution in [-0.2, 0) is 14.3 Å². The molecule has 0 rings (SSSR count). The standard InChI is InChI=1S/C11H21NO4/c1-10(11(14)16-3)4-5-12(6-8-13)7-9-15-2/h4,13H,5-9H2,1-3H3/b10-4-. The first-order chi connectivity index (χ1) is 7.65. The Hall–Kier alpha value is -0.910. The minimum Gasteiger partial charge on any atom is -0.466 e. The van der Waals surface area contributed by atoms with Crippen LogP contribution in [0, 0.1) is 0 Å². The summed E-state index contributed by atoms with van der Waals surface area (Å²) in [6.07, 6.45) is 1.79. The Kier molecular flexibility index (Phi) is 8.80. The number of ether oxygens (including phenoxy) is 2. The van der Waals surface area contributed by atoms with Crippen molar-refractivity contribution in [3.63, 3.8) is 0 Å². The van der Waals surface area contributed by atoms with Gasteiger partial charge in [-0.1, -0.05) is 6.08 Å². The molecule has 0 amide bonds. The predicted molar refractivity (Wildman–Crippen MR) is 61.2 cm³/mol. The molecule has 0 saturated carbocycles. The van der Waals surface area contributed by atoms with E-state index >= 15 is 0 Å². The van der Waals surface area contributed by atoms with Gasteiger partial charge >= 0.3 is 5.97 Å². The van der Waals surface area contributed by atoms with E-state index in [1.165, 1.54) is 7.11 Å². The third-order valence-corrected chi connectivity index (χ3v) is 2.19. The van der Waals surface area contributed by atoms with Gasteiger partial charge in [-0.3, -0.25) is 4.90 Å². The van der Waals surface area contributed by atoms with E-state index in [1.54, 1.807) is 20.1 Å². The number of hydrogen-bond donors (Lipinski definition) is 1. The lowest BCUT2D eigenvalue weighted by atomic mass is 10.3. The molecule has 0 aromatic heterocycles. The van der Waals surface area contributed by atoms with Crippen molar-refractivity contribution in [2.45, 2.75) is 6.92 Å². The van der Waals surface area contributed by atoms with Gasteiger partial charge in [-0.05, 0) is 6.92 Å². The predicted octanol–water partition coefficient (Wildman–Crippen LogP) is 0.0464. The van der Waals surface area contributed by atoms with E-state index in [2.05, 4.69) is 4.74 Å². The van der Waals surface area contributed by atoms with Gasteiger partial charge in [-0.2, -0.15) is 0 Å². The molecule has 0 saturated heterocycles. The molecule has 5 nitrogen and oxygen atoms in total. The van der Waals surface area contributed by atoms with E-state index in [-0.39, 0.29) is 12.6 Å². The zero-order valence-corrected chi connectivity index (χ0v) is 10.2. The van der Waals surface area contributed by atoms with Crippen LogP contribution in [0.4, 0.5) is 0 Å². The second-order valence-corrected chi connectivity index (χ2v) is 3.40. The molecule has 0 spiro atoms. The maximum Gasteiger partial charge on any atom is 0.333 e. The number of esters is 1. The van der Waals surface area contributed by atoms with Crippen molar-refractivity contribution in [2.75, 3.05) is 47.1 Å². The second-order valence-electron chi connectivity index (χ2n) is 3.40. The first-order valence-electron chi connectivity index (χ1n) is 5.23. The molecule has 0 heterocycles. The SMILES string of the molecule is COCCN(C/C=C(/C)C(=O)OC)CCO. The van der Waals surface area contributed by atoms with Gasteiger partial charge in [-0.25, -0.2) is 4.79 Å². The second kappa shape index (κ2) is 9.33. The van der Waals surface area contributed by atoms with Crippen LogP contribution >= 0.6 is 0 Å². The molecule has 0 atom stereocenters. The molecule has 94 valence electrons. The summed E-state index contributed by atoms with van der Waals surface area (Å²) in [6, 6.07) is 0. The van der Waals surface area contributed by atoms with Gasteiger partial charge in [0.05, 0.1) is 20.3 Å². The molecule has 0 aromatic carbocycles. The van der Waals surface area contributed by atoms with Gasteiger partial charge in [0.25, 0.3) is 0 Å². The van der Waals surface area contributed by atoms with E-state index in [4.69, 9.17) is 9.84 Å². The van der Waals surface area contributed by atoms with Crippen LogP contribution in [0.5, 0.6) is 0 Å². The van der Waals surface area contributed by atoms with Crippen molar-refractivity contribution < 1.29 is 19.4 Å². The Morgan fingerprint density at radius 1 is 1.38 bits per heavy atom. The van der Waals surface area contributed by atoms with E-state index in [0.29, 0.717) is 25.3 Å². The molecule has 0 aliphatic carbocycles. The molecule has 0 bridgehead atoms. The number of aliphatic hydroxyl groups excluding tert-OH is 1. The Morgan fingerprint density at radius 2 is 2.06 bits per heavy atom. The fourth-order valence-corrected chi connectivity index (χ4v) is 1.17. The van der Waals surface area contributed by atoms with Crippen molar-refractivity contribution in [3.05, 3.63) is 11.6 Å². The molecule has 0 radical (unpaired) electrons. The zero-order valence-electron chi connectivity index (χ0n) is 10.2. The van der Waals surface area contributed by atoms with Crippen LogP contribution in [0.2, 0.25) is 0 Å². The highest BCUT2D eigenvalue weighted by atomic mass is 16.5. The summed E-state index contributed by atoms with van der Waals surface area (Å²) in [6.45, 7) is 4.29. The zero-order chi connectivity index (χ0) is 12.4. The summed E-state index contributed by atoms with van der Waals surface area (Å²) in [5.74, 6) is -0.323. The van der Waals surface area contributed by atoms with Crippen molar-refractivity contribution >= 4 is 5.97 Å². The van der Waals surface area contributed by atoms with Gasteiger partial charge in [0, 0.05) is 32.3 Å². The average Bonchev–Trinajstić information content (AvgIpc) is 2.31. The molecule has 0 fully saturated rings. The van der Waals surface area contributed by atoms with Crippen molar-refractivity contribution in [2.24, 2.45) is 0 Å². The lowest BCUT2D eigenvalue weighted by molar-refractivity contribution is -0.136. The molecule has 0 unspecified atom stereocenters. The number of nitrogens with zero attached hydrogens (tertiary/aromatic N) is 1. The van der Waals surface area contributed by atoms with Gasteiger partial charge in [-0.15, -0.1) is 0 Å². The molecule has 1 N–H and O–H groups in total. The first kappa shape index (κ1) is 15.1. The molecule has 0 aromatic rings. The van der Waals surface area contributed by atoms with Crippen LogP contribution in [0.25, 0.3) is 0 Å². The molecular formula is C11H21NO4. The Morgan fingerprint density at radius 3 is 2.56 bits per heavy atom. The molecule has 0 aliphatic heterocycles. The number of rotatable bonds is 8. The molecule has 0 aliphatic rings. The van der Waals surface area contributed by atoms with Gasteiger partial charge in [0.15, 0.2) is 0 Å². The minimum atomic E-state index is -0.323. The number of carbonyl (C=O) groups is 1. The summed E-state index contributed by atoms with van der Waals surface area (Å²) in [5.41, 5.74) is 0.572. The van der Waals surface area contributed by atoms with Crippen LogP contribution in [0.1, 0.15) is 6.92 Å². The van der Waals surface area contributed by atoms with E-state index < -0.39 is 0 Å². The number of methoxy groups -OCH3 is 2. The lowest BCUT2D eigenvalue weighted by Crippen LogP contribution is -2.30. The highest BCUT2D eigenvalue weighted by molar-refractivity contribution is 5.87. The Labute approximate surface area is 96.6 Å². The summed E-state index contributed by atoms with van der Waals surface area (Å²) < 4.78 is 9.54. The molecular weight excluding hydrogens is 210 g/mol. The minimum absolute atomic E-state index is 0.0921. The molecule has 5 heteroatoms. The number of aliphatic hydroxyl groups is 1. The van der Waals surface area contributed by atoms with Crippen LogP contribution in [0.15, 0.2) is 11.6 Å². The Bertz CT molecular complexity index is 228. The van der Waals surface area contributed by atoms with Crippen molar-refractivity contribution in [1.82, 2.24) is 4.90 Å². The van der Waals surface area contributed by atoms with Crippen LogP contribution < -0.4 is 0 Å². The number of carbonyl (C=O) groups excluding carboxylic acids is 1. The summed E-state index contributed by atoms with van der Waals surface area (Å²) in [7, 11) is 2.99. The van der Waals surface area contributed by atoms with Gasteiger partial charge in [0.2, 0.25) is 0 Å². The Balaban J connectivity index is 4.12. The largest absolute Gasteiger partial charge is 0.466 e. The van der Waals surface area contributed by atoms with E-state index in [1.807, 2.05) is 4.90 Å². The number of hydrogen-bond acceptors (Lipinski definition) is 5. The summed E-state index contributed by atoms with van der Waals surface area (Å²) >= 11 is 0. The summed E-state index contributed by atoms with van der Waals surface area (Å²) in [5, 5.41) is 8.86. The van der Waals surface area contributed by atoms with Crippen LogP contribution in [-0.4, -0.2) is 63.0 Å². The van der Waals surface area contributed by atoms with Crippen molar-refractivity contribution in [1.29, 1.82) is 0 Å². The van der Waals surface area contributed by atoms with E-state index in [0.717, 1.165) is 6.54 Å². The third-order valence-electron chi connectivity index (χ3n) is 2.19. The van der Waals surface area contributed by atoms with Gasteiger partial charge in [0.1, 0.15) is 0 Å². The fraction of sp³-hybridized carbons (Fsp3) is 0.727. The summed E-state index contributed by atoms with van der Waals surface area (Å²) in [4.78, 5) is 13.1. The topological polar surface area (TPSA) is 59.0 Å². The quantitative estimate of drug-likeness (QED) is 0.472. The third kappa shape index (κ3) is 6.55. The highest BCUT2D eigenvalue weighted by Gasteiger charge is 2.05. The maximum absolute atomic E-state index is 11.1. The highest BCUT2D eigenvalue weighted by Crippen LogP contribution is 1.97. The fourth-order valence-electron chi connectivity index (χ4n) is 1.17. The van der Waals surface area contributed by atoms with Crippen molar-refractivity contribution in [3.8, 4) is 0 Å². The monoisotopic (exact) mass is 231 g/mol.